The molecule has 44 heavy (non-hydrogen) atoms. The van der Waals surface area contributed by atoms with Crippen molar-refractivity contribution in [1.29, 1.82) is 0 Å². The van der Waals surface area contributed by atoms with Crippen molar-refractivity contribution >= 4 is 40.0 Å². The first kappa shape index (κ1) is 29.3. The lowest BCUT2D eigenvalue weighted by Gasteiger charge is -2.40. The van der Waals surface area contributed by atoms with Gasteiger partial charge in [-0.25, -0.2) is 9.78 Å². The average molecular weight is 614 g/mol. The third-order valence-corrected chi connectivity index (χ3v) is 10.0. The van der Waals surface area contributed by atoms with Crippen molar-refractivity contribution < 1.29 is 14.3 Å². The van der Waals surface area contributed by atoms with E-state index in [1.165, 1.54) is 25.5 Å². The van der Waals surface area contributed by atoms with Gasteiger partial charge in [-0.15, -0.1) is 0 Å². The minimum Gasteiger partial charge on any atom is -0.465 e. The summed E-state index contributed by atoms with van der Waals surface area (Å²) in [4.78, 5) is 24.7. The zero-order valence-electron chi connectivity index (χ0n) is 25.8. The Kier molecular flexibility index (Phi) is 7.87. The van der Waals surface area contributed by atoms with E-state index in [0.717, 1.165) is 91.1 Å². The minimum absolute atomic E-state index is 0.110. The van der Waals surface area contributed by atoms with Crippen LogP contribution in [-0.2, 0) is 28.1 Å². The maximum atomic E-state index is 12.2. The third-order valence-electron chi connectivity index (χ3n) is 9.73. The Morgan fingerprint density at radius 3 is 2.57 bits per heavy atom. The lowest BCUT2D eigenvalue weighted by Crippen LogP contribution is -2.50. The molecule has 3 fully saturated rings. The van der Waals surface area contributed by atoms with Crippen molar-refractivity contribution in [1.82, 2.24) is 19.4 Å². The van der Waals surface area contributed by atoms with Gasteiger partial charge in [0.25, 0.3) is 0 Å². The molecule has 9 heteroatoms. The molecule has 1 atom stereocenters. The fourth-order valence-electron chi connectivity index (χ4n) is 6.84. The van der Waals surface area contributed by atoms with Gasteiger partial charge < -0.3 is 18.9 Å². The van der Waals surface area contributed by atoms with Crippen molar-refractivity contribution in [3.63, 3.8) is 0 Å². The predicted octanol–water partition coefficient (Wildman–Crippen LogP) is 6.15. The molecule has 0 radical (unpaired) electrons. The molecule has 1 saturated carbocycles. The Morgan fingerprint density at radius 2 is 1.89 bits per heavy atom. The van der Waals surface area contributed by atoms with Gasteiger partial charge in [0.05, 0.1) is 53.6 Å². The topological polar surface area (TPSA) is 63.1 Å². The number of carbonyl (C=O) groups is 1. The van der Waals surface area contributed by atoms with Crippen molar-refractivity contribution in [2.24, 2.45) is 0 Å². The van der Waals surface area contributed by atoms with Crippen LogP contribution in [0, 0.1) is 6.92 Å². The van der Waals surface area contributed by atoms with Crippen molar-refractivity contribution in [2.75, 3.05) is 51.8 Å². The predicted molar refractivity (Wildman–Crippen MR) is 174 cm³/mol. The van der Waals surface area contributed by atoms with Gasteiger partial charge in [0, 0.05) is 51.1 Å². The molecule has 7 rings (SSSR count). The summed E-state index contributed by atoms with van der Waals surface area (Å²) in [6.45, 7) is 8.39. The molecular formula is C35H40ClN5O3. The molecule has 3 heterocycles. The van der Waals surface area contributed by atoms with Crippen molar-refractivity contribution in [3.05, 3.63) is 88.2 Å². The fourth-order valence-corrected chi connectivity index (χ4v) is 7.20. The van der Waals surface area contributed by atoms with Gasteiger partial charge >= 0.3 is 5.97 Å². The number of methoxy groups -OCH3 is 1. The molecule has 0 bridgehead atoms. The van der Waals surface area contributed by atoms with E-state index in [-0.39, 0.29) is 17.6 Å². The number of rotatable bonds is 9. The van der Waals surface area contributed by atoms with Gasteiger partial charge in [-0.3, -0.25) is 9.80 Å². The van der Waals surface area contributed by atoms with Crippen LogP contribution >= 0.6 is 11.6 Å². The number of piperazine rings is 1. The van der Waals surface area contributed by atoms with Gasteiger partial charge in [-0.1, -0.05) is 29.8 Å². The van der Waals surface area contributed by atoms with E-state index in [9.17, 15) is 4.79 Å². The number of anilines is 2. The first-order valence-electron chi connectivity index (χ1n) is 15.6. The van der Waals surface area contributed by atoms with Crippen LogP contribution in [0.25, 0.3) is 11.0 Å². The smallest absolute Gasteiger partial charge is 0.337 e. The molecule has 0 spiro atoms. The molecule has 0 amide bonds. The second-order valence-electron chi connectivity index (χ2n) is 12.5. The molecule has 2 saturated heterocycles. The number of benzene rings is 3. The second-order valence-corrected chi connectivity index (χ2v) is 12.9. The standard InChI is InChI=1S/C35H40ClN5O3/c1-24-7-10-31(29(36)19-24)38(2)27-6-4-5-26(21-27)35(12-13-35)40-16-14-39(15-17-40)23-33-37-30-9-8-25(34(42)43-3)20-32(30)41(33)22-28-11-18-44-28/h4-10,19-21,28H,11-18,22-23H2,1-3H3/t28-/m0/s1. The molecule has 0 unspecified atom stereocenters. The van der Waals surface area contributed by atoms with E-state index in [0.29, 0.717) is 5.56 Å². The van der Waals surface area contributed by atoms with E-state index >= 15 is 0 Å². The van der Waals surface area contributed by atoms with Gasteiger partial charge in [-0.2, -0.15) is 0 Å². The SMILES string of the molecule is COC(=O)c1ccc2nc(CN3CCN(C4(c5cccc(N(C)c6ccc(C)cc6Cl)c5)CC4)CC3)n(C[C@@H]3CCO3)c2c1. The number of esters is 1. The maximum absolute atomic E-state index is 12.2. The summed E-state index contributed by atoms with van der Waals surface area (Å²) >= 11 is 6.62. The fraction of sp³-hybridized carbons (Fsp3) is 0.429. The van der Waals surface area contributed by atoms with E-state index in [1.54, 1.807) is 6.07 Å². The van der Waals surface area contributed by atoms with Crippen LogP contribution < -0.4 is 4.90 Å². The second kappa shape index (κ2) is 11.8. The Hall–Kier alpha value is -3.43. The number of ether oxygens (including phenoxy) is 2. The zero-order valence-corrected chi connectivity index (χ0v) is 26.5. The number of halogens is 1. The summed E-state index contributed by atoms with van der Waals surface area (Å²) in [5.41, 5.74) is 7.25. The molecule has 2 aliphatic heterocycles. The van der Waals surface area contributed by atoms with Crippen LogP contribution in [-0.4, -0.2) is 78.4 Å². The highest BCUT2D eigenvalue weighted by Gasteiger charge is 2.50. The molecule has 1 aromatic heterocycles. The molecule has 4 aromatic rings. The number of hydrogen-bond donors (Lipinski definition) is 0. The Labute approximate surface area is 264 Å². The quantitative estimate of drug-likeness (QED) is 0.210. The summed E-state index contributed by atoms with van der Waals surface area (Å²) < 4.78 is 13.0. The highest BCUT2D eigenvalue weighted by molar-refractivity contribution is 6.33. The van der Waals surface area contributed by atoms with E-state index in [2.05, 4.69) is 69.6 Å². The van der Waals surface area contributed by atoms with Crippen molar-refractivity contribution in [3.8, 4) is 0 Å². The molecule has 230 valence electrons. The molecule has 8 nitrogen and oxygen atoms in total. The van der Waals surface area contributed by atoms with E-state index in [4.69, 9.17) is 26.1 Å². The minimum atomic E-state index is -0.331. The van der Waals surface area contributed by atoms with Crippen LogP contribution in [0.3, 0.4) is 0 Å². The Balaban J connectivity index is 1.06. The van der Waals surface area contributed by atoms with Crippen LogP contribution in [0.4, 0.5) is 11.4 Å². The van der Waals surface area contributed by atoms with E-state index < -0.39 is 0 Å². The largest absolute Gasteiger partial charge is 0.465 e. The molecule has 0 N–H and O–H groups in total. The number of imidazole rings is 1. The average Bonchev–Trinajstić information content (AvgIpc) is 3.76. The highest BCUT2D eigenvalue weighted by atomic mass is 35.5. The molecule has 1 aliphatic carbocycles. The van der Waals surface area contributed by atoms with Crippen molar-refractivity contribution in [2.45, 2.75) is 50.9 Å². The zero-order chi connectivity index (χ0) is 30.4. The number of fused-ring (bicyclic) bond motifs is 1. The molecule has 3 aliphatic rings. The summed E-state index contributed by atoms with van der Waals surface area (Å²) in [6.07, 6.45) is 3.61. The summed E-state index contributed by atoms with van der Waals surface area (Å²) in [7, 11) is 3.51. The monoisotopic (exact) mass is 613 g/mol. The summed E-state index contributed by atoms with van der Waals surface area (Å²) in [5.74, 6) is 0.694. The van der Waals surface area contributed by atoms with Crippen LogP contribution in [0.5, 0.6) is 0 Å². The Bertz CT molecular complexity index is 1690. The number of aryl methyl sites for hydroxylation is 1. The lowest BCUT2D eigenvalue weighted by atomic mass is 10.0. The van der Waals surface area contributed by atoms with Gasteiger partial charge in [0.1, 0.15) is 5.82 Å². The van der Waals surface area contributed by atoms with Gasteiger partial charge in [0.2, 0.25) is 0 Å². The van der Waals surface area contributed by atoms with Crippen LogP contribution in [0.1, 0.15) is 46.6 Å². The highest BCUT2D eigenvalue weighted by Crippen LogP contribution is 2.52. The van der Waals surface area contributed by atoms with Gasteiger partial charge in [0.15, 0.2) is 0 Å². The summed E-state index contributed by atoms with van der Waals surface area (Å²) in [6, 6.07) is 20.9. The normalized spacial score (nSPS) is 20.0. The Morgan fingerprint density at radius 1 is 1.09 bits per heavy atom. The van der Waals surface area contributed by atoms with Crippen LogP contribution in [0.2, 0.25) is 5.02 Å². The first-order chi connectivity index (χ1) is 21.3. The van der Waals surface area contributed by atoms with E-state index in [1.807, 2.05) is 18.2 Å². The third kappa shape index (κ3) is 5.49. The number of hydrogen-bond acceptors (Lipinski definition) is 7. The number of nitrogens with zero attached hydrogens (tertiary/aromatic N) is 5. The molecular weight excluding hydrogens is 574 g/mol. The van der Waals surface area contributed by atoms with Crippen LogP contribution in [0.15, 0.2) is 60.7 Å². The maximum Gasteiger partial charge on any atom is 0.337 e. The number of aromatic nitrogens is 2. The van der Waals surface area contributed by atoms with Gasteiger partial charge in [-0.05, 0) is 79.8 Å². The first-order valence-corrected chi connectivity index (χ1v) is 16.0. The number of carbonyl (C=O) groups excluding carboxylic acids is 1. The lowest BCUT2D eigenvalue weighted by molar-refractivity contribution is -0.0592. The summed E-state index contributed by atoms with van der Waals surface area (Å²) in [5, 5.41) is 0.771. The molecule has 3 aromatic carbocycles.